The molecule has 0 spiro atoms. The van der Waals surface area contributed by atoms with Crippen molar-refractivity contribution in [2.24, 2.45) is 0 Å². The van der Waals surface area contributed by atoms with E-state index in [2.05, 4.69) is 21.2 Å². The molecule has 2 aromatic rings. The number of benzene rings is 2. The maximum atomic E-state index is 12.0. The summed E-state index contributed by atoms with van der Waals surface area (Å²) in [7, 11) is 4.63. The van der Waals surface area contributed by atoms with E-state index in [1.54, 1.807) is 25.3 Å². The molecule has 126 valence electrons. The van der Waals surface area contributed by atoms with Crippen molar-refractivity contribution < 1.29 is 19.0 Å². The molecule has 0 bridgehead atoms. The van der Waals surface area contributed by atoms with Crippen molar-refractivity contribution in [2.75, 3.05) is 26.6 Å². The molecule has 0 aliphatic rings. The lowest BCUT2D eigenvalue weighted by molar-refractivity contribution is -0.111. The molecule has 5 nitrogen and oxygen atoms in total. The fraction of sp³-hybridized carbons (Fsp3) is 0.167. The molecule has 0 aromatic heterocycles. The smallest absolute Gasteiger partial charge is 0.248 e. The van der Waals surface area contributed by atoms with E-state index in [1.807, 2.05) is 24.3 Å². The average molecular weight is 392 g/mol. The first-order valence-corrected chi connectivity index (χ1v) is 7.92. The Morgan fingerprint density at radius 2 is 1.62 bits per heavy atom. The first-order valence-electron chi connectivity index (χ1n) is 7.12. The van der Waals surface area contributed by atoms with Crippen LogP contribution in [0.5, 0.6) is 17.2 Å². The molecule has 0 saturated heterocycles. The number of anilines is 1. The second-order valence-electron chi connectivity index (χ2n) is 4.75. The second kappa shape index (κ2) is 8.40. The third-order valence-electron chi connectivity index (χ3n) is 3.26. The molecule has 1 amide bonds. The molecule has 0 atom stereocenters. The molecule has 0 fully saturated rings. The molecule has 24 heavy (non-hydrogen) atoms. The summed E-state index contributed by atoms with van der Waals surface area (Å²) in [4.78, 5) is 12.0. The Morgan fingerprint density at radius 3 is 2.21 bits per heavy atom. The molecule has 0 saturated carbocycles. The summed E-state index contributed by atoms with van der Waals surface area (Å²) in [5, 5.41) is 2.78. The number of hydrogen-bond acceptors (Lipinski definition) is 4. The summed E-state index contributed by atoms with van der Waals surface area (Å²) in [6, 6.07) is 10.9. The number of amides is 1. The minimum absolute atomic E-state index is 0.242. The van der Waals surface area contributed by atoms with Gasteiger partial charge in [0.05, 0.1) is 21.3 Å². The largest absolute Gasteiger partial charge is 0.493 e. The molecule has 0 heterocycles. The highest BCUT2D eigenvalue weighted by molar-refractivity contribution is 9.10. The van der Waals surface area contributed by atoms with Crippen molar-refractivity contribution in [3.05, 3.63) is 52.5 Å². The summed E-state index contributed by atoms with van der Waals surface area (Å²) < 4.78 is 16.9. The molecule has 2 aromatic carbocycles. The lowest BCUT2D eigenvalue weighted by Gasteiger charge is -2.13. The van der Waals surface area contributed by atoms with Crippen LogP contribution in [0.15, 0.2) is 46.9 Å². The molecular formula is C18H18BrNO4. The Balaban J connectivity index is 2.18. The highest BCUT2D eigenvalue weighted by atomic mass is 79.9. The van der Waals surface area contributed by atoms with Crippen molar-refractivity contribution in [1.82, 2.24) is 0 Å². The minimum Gasteiger partial charge on any atom is -0.493 e. The predicted octanol–water partition coefficient (Wildman–Crippen LogP) is 4.13. The Bertz CT molecular complexity index is 741. The van der Waals surface area contributed by atoms with Gasteiger partial charge in [-0.25, -0.2) is 0 Å². The minimum atomic E-state index is -0.242. The van der Waals surface area contributed by atoms with Gasteiger partial charge in [0.2, 0.25) is 11.7 Å². The van der Waals surface area contributed by atoms with E-state index < -0.39 is 0 Å². The molecule has 0 radical (unpaired) electrons. The molecule has 0 unspecified atom stereocenters. The van der Waals surface area contributed by atoms with E-state index in [-0.39, 0.29) is 5.91 Å². The Morgan fingerprint density at radius 1 is 0.958 bits per heavy atom. The normalized spacial score (nSPS) is 10.5. The van der Waals surface area contributed by atoms with Crippen LogP contribution < -0.4 is 19.5 Å². The van der Waals surface area contributed by atoms with Crippen molar-refractivity contribution in [1.29, 1.82) is 0 Å². The highest BCUT2D eigenvalue weighted by Crippen LogP contribution is 2.40. The molecule has 2 rings (SSSR count). The van der Waals surface area contributed by atoms with Gasteiger partial charge in [-0.2, -0.15) is 0 Å². The number of methoxy groups -OCH3 is 3. The maximum absolute atomic E-state index is 12.0. The van der Waals surface area contributed by atoms with Crippen LogP contribution in [-0.2, 0) is 4.79 Å². The van der Waals surface area contributed by atoms with E-state index in [0.717, 1.165) is 4.47 Å². The Labute approximate surface area is 149 Å². The first kappa shape index (κ1) is 17.9. The van der Waals surface area contributed by atoms with Crippen molar-refractivity contribution in [2.45, 2.75) is 0 Å². The maximum Gasteiger partial charge on any atom is 0.248 e. The molecule has 6 heteroatoms. The number of halogens is 1. The van der Waals surface area contributed by atoms with E-state index in [9.17, 15) is 4.79 Å². The van der Waals surface area contributed by atoms with Crippen molar-refractivity contribution >= 4 is 33.6 Å². The number of carbonyl (C=O) groups excluding carboxylic acids is 1. The molecular weight excluding hydrogens is 374 g/mol. The SMILES string of the molecule is COc1ccc(/C=C/C(=O)Nc2ccc(Br)cc2)c(OC)c1OC. The van der Waals surface area contributed by atoms with Crippen LogP contribution >= 0.6 is 15.9 Å². The zero-order valence-electron chi connectivity index (χ0n) is 13.6. The van der Waals surface area contributed by atoms with Crippen LogP contribution in [-0.4, -0.2) is 27.2 Å². The van der Waals surface area contributed by atoms with Crippen LogP contribution in [0.4, 0.5) is 5.69 Å². The third-order valence-corrected chi connectivity index (χ3v) is 3.79. The molecule has 1 N–H and O–H groups in total. The number of ether oxygens (including phenoxy) is 3. The van der Waals surface area contributed by atoms with Gasteiger partial charge < -0.3 is 19.5 Å². The van der Waals surface area contributed by atoms with Crippen LogP contribution in [0, 0.1) is 0 Å². The number of nitrogens with one attached hydrogen (secondary N) is 1. The van der Waals surface area contributed by atoms with Gasteiger partial charge >= 0.3 is 0 Å². The molecule has 0 aliphatic heterocycles. The summed E-state index contributed by atoms with van der Waals surface area (Å²) >= 11 is 3.35. The van der Waals surface area contributed by atoms with Gasteiger partial charge in [0.1, 0.15) is 0 Å². The van der Waals surface area contributed by atoms with Crippen LogP contribution in [0.1, 0.15) is 5.56 Å². The fourth-order valence-electron chi connectivity index (χ4n) is 2.14. The van der Waals surface area contributed by atoms with E-state index in [0.29, 0.717) is 28.5 Å². The lowest BCUT2D eigenvalue weighted by Crippen LogP contribution is -2.07. The van der Waals surface area contributed by atoms with Gasteiger partial charge in [0.15, 0.2) is 11.5 Å². The lowest BCUT2D eigenvalue weighted by atomic mass is 10.1. The molecule has 0 aliphatic carbocycles. The van der Waals surface area contributed by atoms with Crippen molar-refractivity contribution in [3.63, 3.8) is 0 Å². The fourth-order valence-corrected chi connectivity index (χ4v) is 2.40. The van der Waals surface area contributed by atoms with Crippen LogP contribution in [0.25, 0.3) is 6.08 Å². The van der Waals surface area contributed by atoms with Gasteiger partial charge in [-0.15, -0.1) is 0 Å². The third kappa shape index (κ3) is 4.29. The van der Waals surface area contributed by atoms with Crippen LogP contribution in [0.2, 0.25) is 0 Å². The predicted molar refractivity (Wildman–Crippen MR) is 97.9 cm³/mol. The first-order chi connectivity index (χ1) is 11.6. The summed E-state index contributed by atoms with van der Waals surface area (Å²) in [6.07, 6.45) is 3.10. The van der Waals surface area contributed by atoms with E-state index in [1.165, 1.54) is 20.3 Å². The van der Waals surface area contributed by atoms with Gasteiger partial charge in [-0.1, -0.05) is 15.9 Å². The highest BCUT2D eigenvalue weighted by Gasteiger charge is 2.14. The standard InChI is InChI=1S/C18H18BrNO4/c1-22-15-10-4-12(17(23-2)18(15)24-3)5-11-16(21)20-14-8-6-13(19)7-9-14/h4-11H,1-3H3,(H,20,21)/b11-5+. The van der Waals surface area contributed by atoms with Gasteiger partial charge in [-0.05, 0) is 42.5 Å². The topological polar surface area (TPSA) is 56.8 Å². The van der Waals surface area contributed by atoms with Gasteiger partial charge in [0.25, 0.3) is 0 Å². The van der Waals surface area contributed by atoms with E-state index in [4.69, 9.17) is 14.2 Å². The van der Waals surface area contributed by atoms with Gasteiger partial charge in [0, 0.05) is 21.8 Å². The monoisotopic (exact) mass is 391 g/mol. The number of carbonyl (C=O) groups is 1. The summed E-state index contributed by atoms with van der Waals surface area (Å²) in [5.74, 6) is 1.31. The Kier molecular flexibility index (Phi) is 6.26. The van der Waals surface area contributed by atoms with Gasteiger partial charge in [-0.3, -0.25) is 4.79 Å². The average Bonchev–Trinajstić information content (AvgIpc) is 2.60. The second-order valence-corrected chi connectivity index (χ2v) is 5.67. The van der Waals surface area contributed by atoms with Crippen LogP contribution in [0.3, 0.4) is 0 Å². The number of hydrogen-bond donors (Lipinski definition) is 1. The number of rotatable bonds is 6. The van der Waals surface area contributed by atoms with Crippen molar-refractivity contribution in [3.8, 4) is 17.2 Å². The zero-order valence-corrected chi connectivity index (χ0v) is 15.2. The van der Waals surface area contributed by atoms with E-state index >= 15 is 0 Å². The summed E-state index contributed by atoms with van der Waals surface area (Å²) in [5.41, 5.74) is 1.42. The quantitative estimate of drug-likeness (QED) is 0.752. The zero-order chi connectivity index (χ0) is 17.5. The Hall–Kier alpha value is -2.47. The summed E-state index contributed by atoms with van der Waals surface area (Å²) in [6.45, 7) is 0.